The van der Waals surface area contributed by atoms with E-state index in [1.807, 2.05) is 0 Å². The van der Waals surface area contributed by atoms with Crippen LogP contribution in [-0.4, -0.2) is 63.1 Å². The molecule has 0 spiro atoms. The van der Waals surface area contributed by atoms with Crippen LogP contribution in [-0.2, 0) is 20.5 Å². The highest BCUT2D eigenvalue weighted by molar-refractivity contribution is 7.88. The van der Waals surface area contributed by atoms with E-state index in [0.29, 0.717) is 18.1 Å². The second-order valence-corrected chi connectivity index (χ2v) is 8.89. The number of rotatable bonds is 7. The standard InChI is InChI=1S/C17H27ClN2O3S/c1-14-11-19(12-15(2)20(14)9-4-10-23-3)24(21,22)13-16-5-7-17(18)8-6-16/h5-8,14-15H,4,9-13H2,1-3H3. The average Bonchev–Trinajstić information content (AvgIpc) is 2.52. The van der Waals surface area contributed by atoms with Gasteiger partial charge in [-0.15, -0.1) is 0 Å². The number of ether oxygens (including phenoxy) is 1. The van der Waals surface area contributed by atoms with E-state index in [1.165, 1.54) is 0 Å². The van der Waals surface area contributed by atoms with E-state index in [0.717, 1.165) is 25.1 Å². The molecule has 2 rings (SSSR count). The lowest BCUT2D eigenvalue weighted by Crippen LogP contribution is -2.58. The SMILES string of the molecule is COCCCN1C(C)CN(S(=O)(=O)Cc2ccc(Cl)cc2)CC1C. The lowest BCUT2D eigenvalue weighted by molar-refractivity contribution is 0.0665. The summed E-state index contributed by atoms with van der Waals surface area (Å²) in [6.07, 6.45) is 0.961. The van der Waals surface area contributed by atoms with Gasteiger partial charge in [-0.2, -0.15) is 4.31 Å². The third-order valence-corrected chi connectivity index (χ3v) is 6.52. The van der Waals surface area contributed by atoms with E-state index in [4.69, 9.17) is 16.3 Å². The molecule has 1 saturated heterocycles. The van der Waals surface area contributed by atoms with Crippen LogP contribution in [0, 0.1) is 0 Å². The van der Waals surface area contributed by atoms with E-state index >= 15 is 0 Å². The molecule has 0 aromatic heterocycles. The zero-order chi connectivity index (χ0) is 17.7. The Kier molecular flexibility index (Phi) is 7.07. The van der Waals surface area contributed by atoms with E-state index < -0.39 is 10.0 Å². The zero-order valence-corrected chi connectivity index (χ0v) is 16.2. The second kappa shape index (κ2) is 8.63. The molecular weight excluding hydrogens is 348 g/mol. The van der Waals surface area contributed by atoms with Gasteiger partial charge in [-0.25, -0.2) is 8.42 Å². The van der Waals surface area contributed by atoms with Crippen LogP contribution >= 0.6 is 11.6 Å². The fourth-order valence-electron chi connectivity index (χ4n) is 3.25. The summed E-state index contributed by atoms with van der Waals surface area (Å²) in [7, 11) is -1.62. The fraction of sp³-hybridized carbons (Fsp3) is 0.647. The Morgan fingerprint density at radius 1 is 1.17 bits per heavy atom. The quantitative estimate of drug-likeness (QED) is 0.688. The molecule has 0 N–H and O–H groups in total. The Labute approximate surface area is 150 Å². The van der Waals surface area contributed by atoms with Crippen LogP contribution in [0.25, 0.3) is 0 Å². The molecule has 7 heteroatoms. The van der Waals surface area contributed by atoms with E-state index in [-0.39, 0.29) is 17.8 Å². The molecule has 136 valence electrons. The number of hydrogen-bond acceptors (Lipinski definition) is 4. The maximum absolute atomic E-state index is 12.8. The summed E-state index contributed by atoms with van der Waals surface area (Å²) in [4.78, 5) is 2.37. The van der Waals surface area contributed by atoms with Crippen molar-refractivity contribution in [3.63, 3.8) is 0 Å². The number of nitrogens with zero attached hydrogens (tertiary/aromatic N) is 2. The summed E-state index contributed by atoms with van der Waals surface area (Å²) in [5.41, 5.74) is 0.766. The van der Waals surface area contributed by atoms with Crippen LogP contribution in [0.2, 0.25) is 5.02 Å². The molecule has 2 unspecified atom stereocenters. The van der Waals surface area contributed by atoms with Crippen LogP contribution < -0.4 is 0 Å². The molecule has 1 aromatic carbocycles. The Balaban J connectivity index is 2.00. The van der Waals surface area contributed by atoms with Gasteiger partial charge in [0.25, 0.3) is 0 Å². The summed E-state index contributed by atoms with van der Waals surface area (Å²) >= 11 is 5.86. The fourth-order valence-corrected chi connectivity index (χ4v) is 5.06. The lowest BCUT2D eigenvalue weighted by atomic mass is 10.1. The zero-order valence-electron chi connectivity index (χ0n) is 14.6. The smallest absolute Gasteiger partial charge is 0.218 e. The average molecular weight is 375 g/mol. The molecule has 1 heterocycles. The van der Waals surface area contributed by atoms with Gasteiger partial charge in [0.15, 0.2) is 0 Å². The van der Waals surface area contributed by atoms with Crippen molar-refractivity contribution in [3.05, 3.63) is 34.9 Å². The first kappa shape index (κ1) is 19.7. The van der Waals surface area contributed by atoms with Crippen LogP contribution in [0.5, 0.6) is 0 Å². The van der Waals surface area contributed by atoms with Crippen molar-refractivity contribution in [1.29, 1.82) is 0 Å². The van der Waals surface area contributed by atoms with Gasteiger partial charge in [0.05, 0.1) is 5.75 Å². The molecule has 0 bridgehead atoms. The molecule has 1 aromatic rings. The van der Waals surface area contributed by atoms with E-state index in [1.54, 1.807) is 35.7 Å². The molecular formula is C17H27ClN2O3S. The minimum absolute atomic E-state index is 0.0211. The molecule has 5 nitrogen and oxygen atoms in total. The van der Waals surface area contributed by atoms with Gasteiger partial charge in [-0.1, -0.05) is 23.7 Å². The van der Waals surface area contributed by atoms with Gasteiger partial charge in [-0.05, 0) is 38.0 Å². The normalized spacial score (nSPS) is 23.5. The molecule has 2 atom stereocenters. The Morgan fingerprint density at radius 3 is 2.29 bits per heavy atom. The second-order valence-electron chi connectivity index (χ2n) is 6.48. The highest BCUT2D eigenvalue weighted by Crippen LogP contribution is 2.21. The predicted molar refractivity (Wildman–Crippen MR) is 97.8 cm³/mol. The number of methoxy groups -OCH3 is 1. The maximum Gasteiger partial charge on any atom is 0.218 e. The Bertz CT molecular complexity index is 609. The Morgan fingerprint density at radius 2 is 1.75 bits per heavy atom. The predicted octanol–water partition coefficient (Wildman–Crippen LogP) is 2.60. The first-order valence-corrected chi connectivity index (χ1v) is 10.3. The maximum atomic E-state index is 12.8. The monoisotopic (exact) mass is 374 g/mol. The van der Waals surface area contributed by atoms with Gasteiger partial charge >= 0.3 is 0 Å². The molecule has 0 saturated carbocycles. The van der Waals surface area contributed by atoms with Crippen LogP contribution in [0.15, 0.2) is 24.3 Å². The summed E-state index contributed by atoms with van der Waals surface area (Å²) in [5, 5.41) is 0.614. The van der Waals surface area contributed by atoms with Crippen LogP contribution in [0.1, 0.15) is 25.8 Å². The molecule has 0 amide bonds. The van der Waals surface area contributed by atoms with Gasteiger partial charge in [0.1, 0.15) is 0 Å². The minimum atomic E-state index is -3.32. The molecule has 1 aliphatic rings. The largest absolute Gasteiger partial charge is 0.385 e. The molecule has 1 fully saturated rings. The number of piperazine rings is 1. The molecule has 1 aliphatic heterocycles. The van der Waals surface area contributed by atoms with Crippen molar-refractivity contribution in [2.24, 2.45) is 0 Å². The van der Waals surface area contributed by atoms with Crippen LogP contribution in [0.4, 0.5) is 0 Å². The van der Waals surface area contributed by atoms with Gasteiger partial charge in [-0.3, -0.25) is 4.90 Å². The van der Waals surface area contributed by atoms with Crippen molar-refractivity contribution in [2.75, 3.05) is 33.4 Å². The number of sulfonamides is 1. The van der Waals surface area contributed by atoms with Crippen molar-refractivity contribution in [3.8, 4) is 0 Å². The van der Waals surface area contributed by atoms with Gasteiger partial charge < -0.3 is 4.74 Å². The highest BCUT2D eigenvalue weighted by Gasteiger charge is 2.34. The minimum Gasteiger partial charge on any atom is -0.385 e. The van der Waals surface area contributed by atoms with Crippen molar-refractivity contribution >= 4 is 21.6 Å². The summed E-state index contributed by atoms with van der Waals surface area (Å²) in [6, 6.07) is 7.40. The first-order chi connectivity index (χ1) is 11.3. The summed E-state index contributed by atoms with van der Waals surface area (Å²) in [6.45, 7) is 6.91. The third-order valence-electron chi connectivity index (χ3n) is 4.49. The molecule has 0 radical (unpaired) electrons. The van der Waals surface area contributed by atoms with Gasteiger partial charge in [0, 0.05) is 50.5 Å². The van der Waals surface area contributed by atoms with Crippen LogP contribution in [0.3, 0.4) is 0 Å². The van der Waals surface area contributed by atoms with Crippen molar-refractivity contribution in [2.45, 2.75) is 38.1 Å². The van der Waals surface area contributed by atoms with Crippen molar-refractivity contribution in [1.82, 2.24) is 9.21 Å². The van der Waals surface area contributed by atoms with E-state index in [9.17, 15) is 8.42 Å². The summed E-state index contributed by atoms with van der Waals surface area (Å²) in [5.74, 6) is 0.0211. The summed E-state index contributed by atoms with van der Waals surface area (Å²) < 4.78 is 32.2. The highest BCUT2D eigenvalue weighted by atomic mass is 35.5. The van der Waals surface area contributed by atoms with Gasteiger partial charge in [0.2, 0.25) is 10.0 Å². The van der Waals surface area contributed by atoms with Crippen molar-refractivity contribution < 1.29 is 13.2 Å². The molecule has 0 aliphatic carbocycles. The van der Waals surface area contributed by atoms with E-state index in [2.05, 4.69) is 18.7 Å². The topological polar surface area (TPSA) is 49.9 Å². The third kappa shape index (κ3) is 5.17. The lowest BCUT2D eigenvalue weighted by Gasteiger charge is -2.43. The first-order valence-electron chi connectivity index (χ1n) is 8.30. The number of hydrogen-bond donors (Lipinski definition) is 0. The number of benzene rings is 1. The molecule has 24 heavy (non-hydrogen) atoms. The Hall–Kier alpha value is -0.660. The number of halogens is 1.